The lowest BCUT2D eigenvalue weighted by Gasteiger charge is -2.24. The van der Waals surface area contributed by atoms with E-state index in [1.165, 1.54) is 37.8 Å². The van der Waals surface area contributed by atoms with Crippen LogP contribution >= 0.6 is 0 Å². The van der Waals surface area contributed by atoms with Crippen LogP contribution in [0.1, 0.15) is 31.7 Å². The first-order valence-electron chi connectivity index (χ1n) is 6.65. The molecule has 2 saturated carbocycles. The van der Waals surface area contributed by atoms with Gasteiger partial charge in [0, 0.05) is 12.1 Å². The Kier molecular flexibility index (Phi) is 1.99. The summed E-state index contributed by atoms with van der Waals surface area (Å²) in [6, 6.07) is 5.24. The van der Waals surface area contributed by atoms with Gasteiger partial charge in [0.15, 0.2) is 0 Å². The van der Waals surface area contributed by atoms with Gasteiger partial charge in [-0.2, -0.15) is 0 Å². The Morgan fingerprint density at radius 2 is 2.17 bits per heavy atom. The first-order valence-corrected chi connectivity index (χ1v) is 6.65. The van der Waals surface area contributed by atoms with Crippen LogP contribution in [0.4, 0.5) is 10.3 Å². The third kappa shape index (κ3) is 1.32. The number of anilines is 1. The second kappa shape index (κ2) is 3.46. The van der Waals surface area contributed by atoms with Crippen LogP contribution in [-0.4, -0.2) is 9.55 Å². The molecule has 0 saturated heterocycles. The molecule has 4 heteroatoms. The molecule has 2 N–H and O–H groups in total. The second-order valence-electron chi connectivity index (χ2n) is 5.72. The maximum Gasteiger partial charge on any atom is 0.201 e. The molecule has 0 amide bonds. The third-order valence-corrected chi connectivity index (χ3v) is 4.71. The lowest BCUT2D eigenvalue weighted by molar-refractivity contribution is 0.339. The normalized spacial score (nSPS) is 30.4. The first-order chi connectivity index (χ1) is 8.72. The molecule has 2 aliphatic rings. The monoisotopic (exact) mass is 245 g/mol. The molecule has 1 heterocycles. The molecule has 2 bridgehead atoms. The maximum absolute atomic E-state index is 13.2. The summed E-state index contributed by atoms with van der Waals surface area (Å²) in [6.07, 6.45) is 5.20. The molecule has 2 aliphatic carbocycles. The molecule has 1 aromatic carbocycles. The second-order valence-corrected chi connectivity index (χ2v) is 5.72. The quantitative estimate of drug-likeness (QED) is 0.838. The smallest absolute Gasteiger partial charge is 0.201 e. The molecule has 3 unspecified atom stereocenters. The summed E-state index contributed by atoms with van der Waals surface area (Å²) in [5.41, 5.74) is 7.70. The fourth-order valence-corrected chi connectivity index (χ4v) is 3.97. The van der Waals surface area contributed by atoms with E-state index in [4.69, 9.17) is 5.73 Å². The Hall–Kier alpha value is -1.58. The summed E-state index contributed by atoms with van der Waals surface area (Å²) >= 11 is 0. The van der Waals surface area contributed by atoms with Crippen molar-refractivity contribution >= 4 is 17.0 Å². The lowest BCUT2D eigenvalue weighted by atomic mass is 9.95. The first kappa shape index (κ1) is 10.4. The van der Waals surface area contributed by atoms with Gasteiger partial charge in [-0.05, 0) is 43.2 Å². The number of hydrogen-bond donors (Lipinski definition) is 1. The fraction of sp³-hybridized carbons (Fsp3) is 0.500. The van der Waals surface area contributed by atoms with Crippen molar-refractivity contribution in [2.24, 2.45) is 11.8 Å². The van der Waals surface area contributed by atoms with E-state index in [0.717, 1.165) is 17.4 Å². The van der Waals surface area contributed by atoms with Crippen LogP contribution in [0.5, 0.6) is 0 Å². The van der Waals surface area contributed by atoms with E-state index in [1.54, 1.807) is 6.07 Å². The van der Waals surface area contributed by atoms with E-state index in [1.807, 2.05) is 0 Å². The molecule has 0 aliphatic heterocycles. The van der Waals surface area contributed by atoms with Crippen LogP contribution in [0.2, 0.25) is 0 Å². The van der Waals surface area contributed by atoms with E-state index < -0.39 is 0 Å². The van der Waals surface area contributed by atoms with Crippen molar-refractivity contribution in [1.82, 2.24) is 9.55 Å². The number of nitrogens with two attached hydrogens (primary N) is 1. The number of nitrogen functional groups attached to an aromatic ring is 1. The van der Waals surface area contributed by atoms with E-state index in [0.29, 0.717) is 17.5 Å². The van der Waals surface area contributed by atoms with Gasteiger partial charge in [0.2, 0.25) is 5.95 Å². The molecule has 2 aromatic rings. The zero-order valence-electron chi connectivity index (χ0n) is 10.1. The highest BCUT2D eigenvalue weighted by Gasteiger charge is 2.41. The van der Waals surface area contributed by atoms with Crippen molar-refractivity contribution in [3.8, 4) is 0 Å². The molecule has 3 atom stereocenters. The molecular weight excluding hydrogens is 229 g/mol. The highest BCUT2D eigenvalue weighted by Crippen LogP contribution is 2.51. The summed E-state index contributed by atoms with van der Waals surface area (Å²) in [6.45, 7) is 0. The topological polar surface area (TPSA) is 43.8 Å². The molecule has 2 fully saturated rings. The average molecular weight is 245 g/mol. The summed E-state index contributed by atoms with van der Waals surface area (Å²) < 4.78 is 15.4. The molecule has 3 nitrogen and oxygen atoms in total. The fourth-order valence-electron chi connectivity index (χ4n) is 3.97. The lowest BCUT2D eigenvalue weighted by Crippen LogP contribution is -2.17. The van der Waals surface area contributed by atoms with Gasteiger partial charge in [0.25, 0.3) is 0 Å². The van der Waals surface area contributed by atoms with Crippen molar-refractivity contribution in [1.29, 1.82) is 0 Å². The van der Waals surface area contributed by atoms with Crippen molar-refractivity contribution < 1.29 is 4.39 Å². The minimum Gasteiger partial charge on any atom is -0.369 e. The molecule has 18 heavy (non-hydrogen) atoms. The summed E-state index contributed by atoms with van der Waals surface area (Å²) in [5, 5.41) is 0. The number of imidazole rings is 1. The van der Waals surface area contributed by atoms with E-state index in [-0.39, 0.29) is 5.82 Å². The standard InChI is InChI=1S/C14H16FN3/c15-10-3-4-12-11(7-10)17-14(16)18(12)13-6-8-1-2-9(13)5-8/h3-4,7-9,13H,1-2,5-6H2,(H2,16,17). The largest absolute Gasteiger partial charge is 0.369 e. The minimum absolute atomic E-state index is 0.250. The van der Waals surface area contributed by atoms with Gasteiger partial charge in [0.05, 0.1) is 11.0 Å². The third-order valence-electron chi connectivity index (χ3n) is 4.71. The Morgan fingerprint density at radius 3 is 2.89 bits per heavy atom. The molecule has 0 spiro atoms. The highest BCUT2D eigenvalue weighted by atomic mass is 19.1. The number of hydrogen-bond acceptors (Lipinski definition) is 2. The molecule has 0 radical (unpaired) electrons. The summed E-state index contributed by atoms with van der Waals surface area (Å²) in [7, 11) is 0. The maximum atomic E-state index is 13.2. The predicted molar refractivity (Wildman–Crippen MR) is 68.6 cm³/mol. The SMILES string of the molecule is Nc1nc2cc(F)ccc2n1C1CC2CCC1C2. The molecule has 94 valence electrons. The number of fused-ring (bicyclic) bond motifs is 3. The van der Waals surface area contributed by atoms with Gasteiger partial charge in [-0.15, -0.1) is 0 Å². The zero-order valence-corrected chi connectivity index (χ0v) is 10.1. The average Bonchev–Trinajstić information content (AvgIpc) is 3.00. The van der Waals surface area contributed by atoms with Crippen molar-refractivity contribution in [3.05, 3.63) is 24.0 Å². The number of nitrogens with zero attached hydrogens (tertiary/aromatic N) is 2. The van der Waals surface area contributed by atoms with E-state index in [9.17, 15) is 4.39 Å². The Balaban J connectivity index is 1.87. The van der Waals surface area contributed by atoms with Crippen LogP contribution in [0.15, 0.2) is 18.2 Å². The Labute approximate surface area is 105 Å². The molecule has 1 aromatic heterocycles. The number of benzene rings is 1. The van der Waals surface area contributed by atoms with Crippen molar-refractivity contribution in [2.45, 2.75) is 31.7 Å². The Bertz CT molecular complexity index is 619. The van der Waals surface area contributed by atoms with E-state index in [2.05, 4.69) is 9.55 Å². The molecule has 4 rings (SSSR count). The molecular formula is C14H16FN3. The van der Waals surface area contributed by atoms with Gasteiger partial charge < -0.3 is 10.3 Å². The van der Waals surface area contributed by atoms with Gasteiger partial charge in [-0.3, -0.25) is 0 Å². The highest BCUT2D eigenvalue weighted by molar-refractivity contribution is 5.78. The van der Waals surface area contributed by atoms with Gasteiger partial charge in [-0.1, -0.05) is 6.42 Å². The van der Waals surface area contributed by atoms with Gasteiger partial charge in [0.1, 0.15) is 5.82 Å². The number of aromatic nitrogens is 2. The zero-order chi connectivity index (χ0) is 12.3. The van der Waals surface area contributed by atoms with Crippen molar-refractivity contribution in [2.75, 3.05) is 5.73 Å². The van der Waals surface area contributed by atoms with Crippen LogP contribution in [-0.2, 0) is 0 Å². The van der Waals surface area contributed by atoms with E-state index >= 15 is 0 Å². The Morgan fingerprint density at radius 1 is 1.28 bits per heavy atom. The summed E-state index contributed by atoms with van der Waals surface area (Å²) in [5.74, 6) is 1.88. The van der Waals surface area contributed by atoms with Crippen LogP contribution in [0, 0.1) is 17.7 Å². The number of halogens is 1. The van der Waals surface area contributed by atoms with Crippen molar-refractivity contribution in [3.63, 3.8) is 0 Å². The number of rotatable bonds is 1. The van der Waals surface area contributed by atoms with Crippen LogP contribution < -0.4 is 5.73 Å². The van der Waals surface area contributed by atoms with Gasteiger partial charge >= 0.3 is 0 Å². The van der Waals surface area contributed by atoms with Crippen LogP contribution in [0.3, 0.4) is 0 Å². The minimum atomic E-state index is -0.250. The van der Waals surface area contributed by atoms with Gasteiger partial charge in [-0.25, -0.2) is 9.37 Å². The van der Waals surface area contributed by atoms with Crippen LogP contribution in [0.25, 0.3) is 11.0 Å². The predicted octanol–water partition coefficient (Wildman–Crippen LogP) is 3.12. The summed E-state index contributed by atoms with van der Waals surface area (Å²) in [4.78, 5) is 4.30.